The van der Waals surface area contributed by atoms with Crippen LogP contribution in [0.25, 0.3) is 0 Å². The fourth-order valence-electron chi connectivity index (χ4n) is 5.19. The first-order valence-electron chi connectivity index (χ1n) is 11.4. The van der Waals surface area contributed by atoms with Crippen LogP contribution >= 0.6 is 0 Å². The monoisotopic (exact) mass is 407 g/mol. The molecule has 1 aromatic heterocycles. The molecule has 2 aromatic rings. The van der Waals surface area contributed by atoms with E-state index < -0.39 is 0 Å². The molecule has 2 amide bonds. The van der Waals surface area contributed by atoms with Gasteiger partial charge in [0, 0.05) is 41.8 Å². The van der Waals surface area contributed by atoms with E-state index in [1.54, 1.807) is 0 Å². The summed E-state index contributed by atoms with van der Waals surface area (Å²) in [6.07, 6.45) is 8.36. The standard InChI is InChI=1S/C25H33N3O2/c1-17-16-22(19(3)28(17)20-10-5-4-6-11-20)24(29)26-23-13-9-12-21(18(23)2)25(30)27-14-7-8-15-27/h9,12-13,16,20H,4-8,10-11,14-15H2,1-3H3,(H,26,29). The summed E-state index contributed by atoms with van der Waals surface area (Å²) in [7, 11) is 0. The van der Waals surface area contributed by atoms with Gasteiger partial charge in [0.1, 0.15) is 0 Å². The molecule has 1 aliphatic carbocycles. The zero-order valence-corrected chi connectivity index (χ0v) is 18.5. The third-order valence-corrected chi connectivity index (χ3v) is 6.87. The van der Waals surface area contributed by atoms with Crippen LogP contribution in [-0.4, -0.2) is 34.4 Å². The van der Waals surface area contributed by atoms with Gasteiger partial charge in [0.15, 0.2) is 0 Å². The van der Waals surface area contributed by atoms with E-state index in [4.69, 9.17) is 0 Å². The van der Waals surface area contributed by atoms with Gasteiger partial charge in [-0.15, -0.1) is 0 Å². The maximum absolute atomic E-state index is 13.2. The molecule has 0 atom stereocenters. The van der Waals surface area contributed by atoms with Gasteiger partial charge in [-0.25, -0.2) is 0 Å². The minimum atomic E-state index is -0.0981. The van der Waals surface area contributed by atoms with Gasteiger partial charge in [-0.3, -0.25) is 9.59 Å². The molecule has 1 saturated heterocycles. The molecule has 1 saturated carbocycles. The number of carbonyl (C=O) groups is 2. The van der Waals surface area contributed by atoms with E-state index in [2.05, 4.69) is 23.7 Å². The SMILES string of the molecule is Cc1c(NC(=O)c2cc(C)n(C3CCCCC3)c2C)cccc1C(=O)N1CCCC1. The van der Waals surface area contributed by atoms with Crippen molar-refractivity contribution in [1.29, 1.82) is 0 Å². The largest absolute Gasteiger partial charge is 0.345 e. The normalized spacial score (nSPS) is 17.4. The van der Waals surface area contributed by atoms with Crippen LogP contribution in [0, 0.1) is 20.8 Å². The van der Waals surface area contributed by atoms with Crippen LogP contribution in [0.1, 0.15) is 88.7 Å². The second kappa shape index (κ2) is 8.66. The van der Waals surface area contributed by atoms with Gasteiger partial charge in [-0.1, -0.05) is 25.3 Å². The Morgan fingerprint density at radius 1 is 0.933 bits per heavy atom. The smallest absolute Gasteiger partial charge is 0.257 e. The quantitative estimate of drug-likeness (QED) is 0.737. The van der Waals surface area contributed by atoms with Crippen molar-refractivity contribution in [3.8, 4) is 0 Å². The lowest BCUT2D eigenvalue weighted by atomic mass is 9.95. The summed E-state index contributed by atoms with van der Waals surface area (Å²) >= 11 is 0. The summed E-state index contributed by atoms with van der Waals surface area (Å²) in [6.45, 7) is 7.71. The zero-order valence-electron chi connectivity index (χ0n) is 18.5. The first-order chi connectivity index (χ1) is 14.5. The highest BCUT2D eigenvalue weighted by atomic mass is 16.2. The Bertz CT molecular complexity index is 948. The van der Waals surface area contributed by atoms with Crippen LogP contribution in [0.3, 0.4) is 0 Å². The molecule has 2 heterocycles. The molecule has 1 aliphatic heterocycles. The highest BCUT2D eigenvalue weighted by molar-refractivity contribution is 6.07. The Hall–Kier alpha value is -2.56. The lowest BCUT2D eigenvalue weighted by Crippen LogP contribution is -2.28. The van der Waals surface area contributed by atoms with E-state index in [1.165, 1.54) is 32.1 Å². The zero-order chi connectivity index (χ0) is 21.3. The number of likely N-dealkylation sites (tertiary alicyclic amines) is 1. The average molecular weight is 408 g/mol. The van der Waals surface area contributed by atoms with E-state index in [1.807, 2.05) is 36.1 Å². The Balaban J connectivity index is 1.56. The van der Waals surface area contributed by atoms with Crippen LogP contribution in [-0.2, 0) is 0 Å². The minimum Gasteiger partial charge on any atom is -0.345 e. The third kappa shape index (κ3) is 3.90. The van der Waals surface area contributed by atoms with Crippen molar-refractivity contribution in [1.82, 2.24) is 9.47 Å². The van der Waals surface area contributed by atoms with Crippen molar-refractivity contribution in [3.05, 3.63) is 52.3 Å². The maximum atomic E-state index is 13.2. The molecular formula is C25H33N3O2. The Morgan fingerprint density at radius 3 is 2.33 bits per heavy atom. The molecule has 0 radical (unpaired) electrons. The number of hydrogen-bond acceptors (Lipinski definition) is 2. The van der Waals surface area contributed by atoms with Crippen molar-refractivity contribution in [3.63, 3.8) is 0 Å². The van der Waals surface area contributed by atoms with E-state index in [9.17, 15) is 9.59 Å². The number of nitrogens with one attached hydrogen (secondary N) is 1. The molecule has 2 fully saturated rings. The molecule has 30 heavy (non-hydrogen) atoms. The average Bonchev–Trinajstić information content (AvgIpc) is 3.38. The number of amides is 2. The van der Waals surface area contributed by atoms with Gasteiger partial charge in [-0.05, 0) is 70.2 Å². The van der Waals surface area contributed by atoms with Crippen LogP contribution in [0.15, 0.2) is 24.3 Å². The summed E-state index contributed by atoms with van der Waals surface area (Å²) in [4.78, 5) is 27.9. The highest BCUT2D eigenvalue weighted by Crippen LogP contribution is 2.32. The molecule has 0 spiro atoms. The van der Waals surface area contributed by atoms with E-state index in [0.29, 0.717) is 17.3 Å². The van der Waals surface area contributed by atoms with Gasteiger partial charge in [-0.2, -0.15) is 0 Å². The fourth-order valence-corrected chi connectivity index (χ4v) is 5.19. The molecule has 0 unspecified atom stereocenters. The Morgan fingerprint density at radius 2 is 1.63 bits per heavy atom. The van der Waals surface area contributed by atoms with Gasteiger partial charge < -0.3 is 14.8 Å². The summed E-state index contributed by atoms with van der Waals surface area (Å²) in [5.41, 5.74) is 5.16. The van der Waals surface area contributed by atoms with Crippen molar-refractivity contribution >= 4 is 17.5 Å². The van der Waals surface area contributed by atoms with Gasteiger partial charge >= 0.3 is 0 Å². The van der Waals surface area contributed by atoms with Gasteiger partial charge in [0.25, 0.3) is 11.8 Å². The highest BCUT2D eigenvalue weighted by Gasteiger charge is 2.24. The number of nitrogens with zero attached hydrogens (tertiary/aromatic N) is 2. The Kier molecular flexibility index (Phi) is 5.98. The van der Waals surface area contributed by atoms with Gasteiger partial charge in [0.05, 0.1) is 5.56 Å². The number of anilines is 1. The molecule has 5 heteroatoms. The second-order valence-corrected chi connectivity index (χ2v) is 8.88. The van der Waals surface area contributed by atoms with Crippen LogP contribution in [0.2, 0.25) is 0 Å². The predicted molar refractivity (Wildman–Crippen MR) is 120 cm³/mol. The summed E-state index contributed by atoms with van der Waals surface area (Å²) < 4.78 is 2.36. The van der Waals surface area contributed by atoms with Crippen molar-refractivity contribution < 1.29 is 9.59 Å². The van der Waals surface area contributed by atoms with E-state index in [-0.39, 0.29) is 11.8 Å². The molecule has 1 N–H and O–H groups in total. The van der Waals surface area contributed by atoms with Crippen molar-refractivity contribution in [2.75, 3.05) is 18.4 Å². The first kappa shape index (κ1) is 20.7. The molecule has 2 aliphatic rings. The molecule has 0 bridgehead atoms. The molecular weight excluding hydrogens is 374 g/mol. The molecule has 1 aromatic carbocycles. The first-order valence-corrected chi connectivity index (χ1v) is 11.4. The van der Waals surface area contributed by atoms with Crippen LogP contribution in [0.5, 0.6) is 0 Å². The fraction of sp³-hybridized carbons (Fsp3) is 0.520. The number of aromatic nitrogens is 1. The summed E-state index contributed by atoms with van der Waals surface area (Å²) in [5.74, 6) is -0.0318. The molecule has 160 valence electrons. The predicted octanol–water partition coefficient (Wildman–Crippen LogP) is 5.41. The molecule has 5 nitrogen and oxygen atoms in total. The van der Waals surface area contributed by atoms with E-state index >= 15 is 0 Å². The number of hydrogen-bond donors (Lipinski definition) is 1. The molecule has 4 rings (SSSR count). The number of carbonyl (C=O) groups excluding carboxylic acids is 2. The lowest BCUT2D eigenvalue weighted by molar-refractivity contribution is 0.0791. The third-order valence-electron chi connectivity index (χ3n) is 6.87. The maximum Gasteiger partial charge on any atom is 0.257 e. The van der Waals surface area contributed by atoms with Crippen LogP contribution in [0.4, 0.5) is 5.69 Å². The Labute approximate surface area is 179 Å². The summed E-state index contributed by atoms with van der Waals surface area (Å²) in [6, 6.07) is 8.11. The number of aryl methyl sites for hydroxylation is 1. The number of benzene rings is 1. The van der Waals surface area contributed by atoms with Gasteiger partial charge in [0.2, 0.25) is 0 Å². The lowest BCUT2D eigenvalue weighted by Gasteiger charge is -2.26. The minimum absolute atomic E-state index is 0.0663. The van der Waals surface area contributed by atoms with Crippen molar-refractivity contribution in [2.24, 2.45) is 0 Å². The topological polar surface area (TPSA) is 54.3 Å². The van der Waals surface area contributed by atoms with Crippen LogP contribution < -0.4 is 5.32 Å². The van der Waals surface area contributed by atoms with Crippen molar-refractivity contribution in [2.45, 2.75) is 71.8 Å². The van der Waals surface area contributed by atoms with E-state index in [0.717, 1.165) is 48.4 Å². The summed E-state index contributed by atoms with van der Waals surface area (Å²) in [5, 5.41) is 3.07. The number of rotatable bonds is 4. The second-order valence-electron chi connectivity index (χ2n) is 8.88.